The van der Waals surface area contributed by atoms with Crippen LogP contribution in [-0.4, -0.2) is 35.2 Å². The predicted octanol–water partition coefficient (Wildman–Crippen LogP) is 1.83. The molecule has 0 aromatic carbocycles. The lowest BCUT2D eigenvalue weighted by Gasteiger charge is -2.13. The number of aryl methyl sites for hydroxylation is 2. The maximum Gasteiger partial charge on any atom is 0.411 e. The normalized spacial score (nSPS) is 13.9. The topological polar surface area (TPSA) is 53.1 Å². The van der Waals surface area contributed by atoms with E-state index in [4.69, 9.17) is 17.3 Å². The van der Waals surface area contributed by atoms with Crippen LogP contribution in [0.15, 0.2) is 0 Å². The fourth-order valence-electron chi connectivity index (χ4n) is 1.55. The van der Waals surface area contributed by atoms with Crippen molar-refractivity contribution in [1.29, 1.82) is 0 Å². The number of hydrogen-bond donors (Lipinski definition) is 1. The van der Waals surface area contributed by atoms with Crippen LogP contribution < -0.4 is 5.73 Å². The first-order valence-corrected chi connectivity index (χ1v) is 5.66. The molecular weight excluding hydrogens is 271 g/mol. The number of hydrogen-bond acceptors (Lipinski definition) is 3. The van der Waals surface area contributed by atoms with Crippen molar-refractivity contribution >= 4 is 11.6 Å². The monoisotopic (exact) mass is 285 g/mol. The standard InChI is InChI=1S/C10H15ClF3N3O/c1-6-8(9(11)17(2)16-6)3-7(15)4-18-5-10(12,13)14/h7H,3-5,15H2,1-2H3. The van der Waals surface area contributed by atoms with Crippen LogP contribution in [0.5, 0.6) is 0 Å². The van der Waals surface area contributed by atoms with E-state index < -0.39 is 18.8 Å². The Kier molecular flexibility index (Phi) is 5.01. The quantitative estimate of drug-likeness (QED) is 0.898. The van der Waals surface area contributed by atoms with Crippen molar-refractivity contribution in [3.63, 3.8) is 0 Å². The highest BCUT2D eigenvalue weighted by Gasteiger charge is 2.27. The lowest BCUT2D eigenvalue weighted by molar-refractivity contribution is -0.174. The molecule has 1 aromatic heterocycles. The Bertz CT molecular complexity index is 406. The third kappa shape index (κ3) is 4.47. The zero-order valence-electron chi connectivity index (χ0n) is 10.1. The summed E-state index contributed by atoms with van der Waals surface area (Å²) in [6.45, 7) is 0.301. The molecular formula is C10H15ClF3N3O. The molecule has 0 saturated heterocycles. The number of rotatable bonds is 5. The van der Waals surface area contributed by atoms with Gasteiger partial charge in [0.2, 0.25) is 0 Å². The van der Waals surface area contributed by atoms with Gasteiger partial charge in [-0.15, -0.1) is 0 Å². The van der Waals surface area contributed by atoms with Gasteiger partial charge in [0.05, 0.1) is 12.3 Å². The van der Waals surface area contributed by atoms with E-state index >= 15 is 0 Å². The van der Waals surface area contributed by atoms with Crippen molar-refractivity contribution in [3.8, 4) is 0 Å². The predicted molar refractivity (Wildman–Crippen MR) is 61.5 cm³/mol. The van der Waals surface area contributed by atoms with Crippen molar-refractivity contribution in [3.05, 3.63) is 16.4 Å². The second kappa shape index (κ2) is 5.90. The summed E-state index contributed by atoms with van der Waals surface area (Å²) >= 11 is 5.99. The van der Waals surface area contributed by atoms with E-state index in [-0.39, 0.29) is 6.61 Å². The molecule has 0 bridgehead atoms. The van der Waals surface area contributed by atoms with Crippen molar-refractivity contribution in [2.24, 2.45) is 12.8 Å². The first-order valence-electron chi connectivity index (χ1n) is 5.28. The molecule has 104 valence electrons. The largest absolute Gasteiger partial charge is 0.411 e. The van der Waals surface area contributed by atoms with E-state index in [1.165, 1.54) is 4.68 Å². The molecule has 0 aliphatic rings. The van der Waals surface area contributed by atoms with Crippen molar-refractivity contribution in [2.45, 2.75) is 25.6 Å². The summed E-state index contributed by atoms with van der Waals surface area (Å²) in [6, 6.07) is -0.548. The van der Waals surface area contributed by atoms with E-state index in [1.807, 2.05) is 0 Å². The first-order chi connectivity index (χ1) is 8.20. The van der Waals surface area contributed by atoms with E-state index in [9.17, 15) is 13.2 Å². The summed E-state index contributed by atoms with van der Waals surface area (Å²) < 4.78 is 41.6. The summed E-state index contributed by atoms with van der Waals surface area (Å²) in [4.78, 5) is 0. The number of aromatic nitrogens is 2. The average Bonchev–Trinajstić information content (AvgIpc) is 2.43. The molecule has 1 atom stereocenters. The maximum absolute atomic E-state index is 11.9. The molecule has 0 radical (unpaired) electrons. The van der Waals surface area contributed by atoms with Crippen LogP contribution in [0.3, 0.4) is 0 Å². The lowest BCUT2D eigenvalue weighted by atomic mass is 10.1. The molecule has 0 aliphatic heterocycles. The Labute approximate surface area is 108 Å². The maximum atomic E-state index is 11.9. The molecule has 18 heavy (non-hydrogen) atoms. The molecule has 1 rings (SSSR count). The van der Waals surface area contributed by atoms with Gasteiger partial charge in [0.15, 0.2) is 0 Å². The molecule has 2 N–H and O–H groups in total. The van der Waals surface area contributed by atoms with Crippen molar-refractivity contribution < 1.29 is 17.9 Å². The molecule has 0 fully saturated rings. The van der Waals surface area contributed by atoms with Crippen LogP contribution in [0.2, 0.25) is 5.15 Å². The third-order valence-electron chi connectivity index (χ3n) is 2.33. The second-order valence-electron chi connectivity index (χ2n) is 4.07. The highest BCUT2D eigenvalue weighted by molar-refractivity contribution is 6.30. The van der Waals surface area contributed by atoms with Crippen LogP contribution in [-0.2, 0) is 18.2 Å². The lowest BCUT2D eigenvalue weighted by Crippen LogP contribution is -2.31. The highest BCUT2D eigenvalue weighted by atomic mass is 35.5. The Balaban J connectivity index is 2.47. The summed E-state index contributed by atoms with van der Waals surface area (Å²) in [6.07, 6.45) is -4.00. The molecule has 0 saturated carbocycles. The van der Waals surface area contributed by atoms with E-state index in [1.54, 1.807) is 14.0 Å². The minimum Gasteiger partial charge on any atom is -0.370 e. The summed E-state index contributed by atoms with van der Waals surface area (Å²) in [7, 11) is 1.69. The molecule has 0 spiro atoms. The first kappa shape index (κ1) is 15.3. The molecule has 1 aromatic rings. The van der Waals surface area contributed by atoms with Crippen molar-refractivity contribution in [1.82, 2.24) is 9.78 Å². The summed E-state index contributed by atoms with van der Waals surface area (Å²) in [5.41, 5.74) is 7.15. The Morgan fingerprint density at radius 2 is 2.11 bits per heavy atom. The fourth-order valence-corrected chi connectivity index (χ4v) is 1.80. The van der Waals surface area contributed by atoms with Crippen molar-refractivity contribution in [2.75, 3.05) is 13.2 Å². The minimum atomic E-state index is -4.33. The van der Waals surface area contributed by atoms with Gasteiger partial charge in [-0.1, -0.05) is 11.6 Å². The molecule has 1 unspecified atom stereocenters. The van der Waals surface area contributed by atoms with Crippen LogP contribution in [0.4, 0.5) is 13.2 Å². The van der Waals surface area contributed by atoms with E-state index in [2.05, 4.69) is 9.84 Å². The van der Waals surface area contributed by atoms with Gasteiger partial charge in [-0.3, -0.25) is 4.68 Å². The number of nitrogens with zero attached hydrogens (tertiary/aromatic N) is 2. The Morgan fingerprint density at radius 3 is 2.56 bits per heavy atom. The zero-order valence-corrected chi connectivity index (χ0v) is 10.8. The van der Waals surface area contributed by atoms with Gasteiger partial charge in [0.25, 0.3) is 0 Å². The third-order valence-corrected chi connectivity index (χ3v) is 2.81. The van der Waals surface area contributed by atoms with Crippen LogP contribution >= 0.6 is 11.6 Å². The fraction of sp³-hybridized carbons (Fsp3) is 0.700. The van der Waals surface area contributed by atoms with Crippen LogP contribution in [0.25, 0.3) is 0 Å². The highest BCUT2D eigenvalue weighted by Crippen LogP contribution is 2.20. The van der Waals surface area contributed by atoms with E-state index in [0.29, 0.717) is 17.3 Å². The molecule has 0 aliphatic carbocycles. The van der Waals surface area contributed by atoms with Gasteiger partial charge >= 0.3 is 6.18 Å². The summed E-state index contributed by atoms with van der Waals surface area (Å²) in [5, 5.41) is 4.53. The summed E-state index contributed by atoms with van der Waals surface area (Å²) in [5.74, 6) is 0. The second-order valence-corrected chi connectivity index (χ2v) is 4.43. The molecule has 0 amide bonds. The van der Waals surface area contributed by atoms with Gasteiger partial charge in [-0.25, -0.2) is 0 Å². The number of alkyl halides is 3. The van der Waals surface area contributed by atoms with Crippen LogP contribution in [0, 0.1) is 6.92 Å². The smallest absolute Gasteiger partial charge is 0.370 e. The number of ether oxygens (including phenoxy) is 1. The molecule has 8 heteroatoms. The minimum absolute atomic E-state index is 0.176. The number of halogens is 4. The average molecular weight is 286 g/mol. The Hall–Kier alpha value is -0.790. The molecule has 4 nitrogen and oxygen atoms in total. The van der Waals surface area contributed by atoms with Gasteiger partial charge in [-0.05, 0) is 13.3 Å². The van der Waals surface area contributed by atoms with E-state index in [0.717, 1.165) is 5.56 Å². The van der Waals surface area contributed by atoms with Gasteiger partial charge in [0, 0.05) is 18.7 Å². The zero-order chi connectivity index (χ0) is 13.9. The van der Waals surface area contributed by atoms with Gasteiger partial charge in [0.1, 0.15) is 11.8 Å². The van der Waals surface area contributed by atoms with Gasteiger partial charge in [-0.2, -0.15) is 18.3 Å². The number of nitrogens with two attached hydrogens (primary N) is 1. The Morgan fingerprint density at radius 1 is 1.50 bits per heavy atom. The SMILES string of the molecule is Cc1nn(C)c(Cl)c1CC(N)COCC(F)(F)F. The van der Waals surface area contributed by atoms with Gasteiger partial charge < -0.3 is 10.5 Å². The van der Waals surface area contributed by atoms with Crippen LogP contribution in [0.1, 0.15) is 11.3 Å². The molecule has 1 heterocycles.